The van der Waals surface area contributed by atoms with Crippen molar-refractivity contribution in [2.24, 2.45) is 28.9 Å². The van der Waals surface area contributed by atoms with Crippen LogP contribution >= 0.6 is 0 Å². The molecule has 1 heterocycles. The van der Waals surface area contributed by atoms with Crippen molar-refractivity contribution in [3.8, 4) is 0 Å². The van der Waals surface area contributed by atoms with E-state index in [1.54, 1.807) is 6.26 Å². The lowest BCUT2D eigenvalue weighted by Crippen LogP contribution is -2.50. The van der Waals surface area contributed by atoms with Crippen molar-refractivity contribution in [3.63, 3.8) is 0 Å². The lowest BCUT2D eigenvalue weighted by molar-refractivity contribution is -0.0678. The lowest BCUT2D eigenvalue weighted by atomic mass is 9.47. The van der Waals surface area contributed by atoms with Gasteiger partial charge in [0, 0.05) is 11.6 Å². The molecule has 0 aliphatic heterocycles. The van der Waals surface area contributed by atoms with Gasteiger partial charge in [-0.05, 0) is 67.8 Å². The van der Waals surface area contributed by atoms with Crippen molar-refractivity contribution in [1.29, 1.82) is 0 Å². The van der Waals surface area contributed by atoms with Crippen molar-refractivity contribution in [2.45, 2.75) is 44.6 Å². The van der Waals surface area contributed by atoms with E-state index in [9.17, 15) is 0 Å². The van der Waals surface area contributed by atoms with Crippen molar-refractivity contribution >= 4 is 0 Å². The normalized spacial score (nSPS) is 45.1. The molecule has 1 aromatic heterocycles. The Balaban J connectivity index is 1.68. The van der Waals surface area contributed by atoms with E-state index in [0.29, 0.717) is 5.41 Å². The molecule has 2 nitrogen and oxygen atoms in total. The molecule has 2 N–H and O–H groups in total. The summed E-state index contributed by atoms with van der Waals surface area (Å²) in [6, 6.07) is 2.26. The molecule has 2 heteroatoms. The third-order valence-corrected chi connectivity index (χ3v) is 5.65. The van der Waals surface area contributed by atoms with Crippen LogP contribution in [0.15, 0.2) is 23.0 Å². The zero-order valence-electron chi connectivity index (χ0n) is 10.3. The van der Waals surface area contributed by atoms with E-state index >= 15 is 0 Å². The fraction of sp³-hybridized carbons (Fsp3) is 0.733. The van der Waals surface area contributed by atoms with Crippen LogP contribution < -0.4 is 5.73 Å². The third-order valence-electron chi connectivity index (χ3n) is 5.65. The molecule has 4 fully saturated rings. The SMILES string of the molecule is NC(c1ccoc1)C12CC3CC(CC(C3)C1)C2. The first-order chi connectivity index (χ1) is 8.25. The second kappa shape index (κ2) is 3.38. The van der Waals surface area contributed by atoms with Crippen molar-refractivity contribution in [2.75, 3.05) is 0 Å². The highest BCUT2D eigenvalue weighted by molar-refractivity contribution is 5.18. The number of hydrogen-bond acceptors (Lipinski definition) is 2. The summed E-state index contributed by atoms with van der Waals surface area (Å²) in [5.41, 5.74) is 8.19. The Labute approximate surface area is 103 Å². The summed E-state index contributed by atoms with van der Waals surface area (Å²) >= 11 is 0. The van der Waals surface area contributed by atoms with E-state index in [1.165, 1.54) is 44.1 Å². The Morgan fingerprint density at radius 3 is 2.18 bits per heavy atom. The Hall–Kier alpha value is -0.760. The summed E-state index contributed by atoms with van der Waals surface area (Å²) in [5, 5.41) is 0. The van der Waals surface area contributed by atoms with Gasteiger partial charge in [0.15, 0.2) is 0 Å². The molecule has 4 bridgehead atoms. The third kappa shape index (κ3) is 1.43. The molecule has 4 aliphatic carbocycles. The zero-order valence-corrected chi connectivity index (χ0v) is 10.3. The van der Waals surface area contributed by atoms with E-state index in [1.807, 2.05) is 6.26 Å². The summed E-state index contributed by atoms with van der Waals surface area (Å²) in [6.07, 6.45) is 12.2. The molecular formula is C15H21NO. The van der Waals surface area contributed by atoms with Gasteiger partial charge in [-0.2, -0.15) is 0 Å². The van der Waals surface area contributed by atoms with Crippen LogP contribution in [0.5, 0.6) is 0 Å². The predicted molar refractivity (Wildman–Crippen MR) is 66.2 cm³/mol. The van der Waals surface area contributed by atoms with Crippen LogP contribution in [0.3, 0.4) is 0 Å². The topological polar surface area (TPSA) is 39.2 Å². The summed E-state index contributed by atoms with van der Waals surface area (Å²) in [7, 11) is 0. The predicted octanol–water partition coefficient (Wildman–Crippen LogP) is 3.50. The van der Waals surface area contributed by atoms with Gasteiger partial charge >= 0.3 is 0 Å². The lowest BCUT2D eigenvalue weighted by Gasteiger charge is -2.58. The van der Waals surface area contributed by atoms with Crippen LogP contribution in [0.2, 0.25) is 0 Å². The molecule has 0 saturated heterocycles. The highest BCUT2D eigenvalue weighted by Crippen LogP contribution is 2.63. The van der Waals surface area contributed by atoms with Crippen LogP contribution in [-0.2, 0) is 0 Å². The highest BCUT2D eigenvalue weighted by Gasteiger charge is 2.53. The number of hydrogen-bond donors (Lipinski definition) is 1. The monoisotopic (exact) mass is 231 g/mol. The fourth-order valence-corrected chi connectivity index (χ4v) is 5.36. The molecule has 4 saturated carbocycles. The minimum absolute atomic E-state index is 0.203. The molecule has 5 rings (SSSR count). The van der Waals surface area contributed by atoms with Gasteiger partial charge in [-0.15, -0.1) is 0 Å². The minimum atomic E-state index is 0.203. The Bertz CT molecular complexity index is 373. The fourth-order valence-electron chi connectivity index (χ4n) is 5.36. The van der Waals surface area contributed by atoms with Gasteiger partial charge in [0.25, 0.3) is 0 Å². The molecule has 1 aromatic rings. The molecule has 17 heavy (non-hydrogen) atoms. The van der Waals surface area contributed by atoms with E-state index in [4.69, 9.17) is 10.2 Å². The van der Waals surface area contributed by atoms with Crippen LogP contribution in [0.4, 0.5) is 0 Å². The van der Waals surface area contributed by atoms with Gasteiger partial charge in [0.2, 0.25) is 0 Å². The average Bonchev–Trinajstić information content (AvgIpc) is 2.79. The minimum Gasteiger partial charge on any atom is -0.472 e. The quantitative estimate of drug-likeness (QED) is 0.846. The van der Waals surface area contributed by atoms with E-state index in [-0.39, 0.29) is 6.04 Å². The molecule has 0 amide bonds. The van der Waals surface area contributed by atoms with Crippen molar-refractivity contribution in [3.05, 3.63) is 24.2 Å². The molecule has 0 aromatic carbocycles. The van der Waals surface area contributed by atoms with E-state index < -0.39 is 0 Å². The van der Waals surface area contributed by atoms with E-state index in [2.05, 4.69) is 6.07 Å². The largest absolute Gasteiger partial charge is 0.472 e. The van der Waals surface area contributed by atoms with Crippen LogP contribution in [0, 0.1) is 23.2 Å². The zero-order chi connectivity index (χ0) is 11.5. The van der Waals surface area contributed by atoms with Gasteiger partial charge in [-0.3, -0.25) is 0 Å². The van der Waals surface area contributed by atoms with Gasteiger partial charge in [0.05, 0.1) is 12.5 Å². The number of rotatable bonds is 2. The molecule has 1 atom stereocenters. The second-order valence-electron chi connectivity index (χ2n) is 6.81. The van der Waals surface area contributed by atoms with Gasteiger partial charge in [-0.25, -0.2) is 0 Å². The Kier molecular flexibility index (Phi) is 2.03. The van der Waals surface area contributed by atoms with Crippen molar-refractivity contribution in [1.82, 2.24) is 0 Å². The van der Waals surface area contributed by atoms with Crippen molar-refractivity contribution < 1.29 is 4.42 Å². The maximum Gasteiger partial charge on any atom is 0.0950 e. The first-order valence-corrected chi connectivity index (χ1v) is 7.03. The first-order valence-electron chi connectivity index (χ1n) is 7.03. The molecule has 0 spiro atoms. The molecule has 1 unspecified atom stereocenters. The van der Waals surface area contributed by atoms with Crippen LogP contribution in [0.1, 0.15) is 50.1 Å². The molecule has 92 valence electrons. The number of nitrogens with two attached hydrogens (primary N) is 1. The summed E-state index contributed by atoms with van der Waals surface area (Å²) < 4.78 is 5.22. The average molecular weight is 231 g/mol. The molecule has 0 radical (unpaired) electrons. The number of furan rings is 1. The van der Waals surface area contributed by atoms with Gasteiger partial charge in [-0.1, -0.05) is 0 Å². The molecule has 4 aliphatic rings. The smallest absolute Gasteiger partial charge is 0.0950 e. The summed E-state index contributed by atoms with van der Waals surface area (Å²) in [6.45, 7) is 0. The van der Waals surface area contributed by atoms with Gasteiger partial charge < -0.3 is 10.2 Å². The van der Waals surface area contributed by atoms with Gasteiger partial charge in [0.1, 0.15) is 0 Å². The standard InChI is InChI=1S/C15H21NO/c16-14(13-1-2-17-9-13)15-6-10-3-11(7-15)5-12(4-10)8-15/h1-2,9-12,14H,3-8,16H2. The maximum absolute atomic E-state index is 6.58. The second-order valence-corrected chi connectivity index (χ2v) is 6.81. The first kappa shape index (κ1) is 10.2. The Morgan fingerprint density at radius 1 is 1.12 bits per heavy atom. The maximum atomic E-state index is 6.58. The summed E-state index contributed by atoms with van der Waals surface area (Å²) in [4.78, 5) is 0. The summed E-state index contributed by atoms with van der Waals surface area (Å²) in [5.74, 6) is 2.91. The van der Waals surface area contributed by atoms with Crippen LogP contribution in [0.25, 0.3) is 0 Å². The highest BCUT2D eigenvalue weighted by atomic mass is 16.3. The van der Waals surface area contributed by atoms with Crippen LogP contribution in [-0.4, -0.2) is 0 Å². The van der Waals surface area contributed by atoms with E-state index in [0.717, 1.165) is 17.8 Å². The molecular weight excluding hydrogens is 210 g/mol. The Morgan fingerprint density at radius 2 is 1.71 bits per heavy atom.